The minimum Gasteiger partial charge on any atom is -0.361 e. The number of carbonyl (C=O) groups excluding carboxylic acids is 2. The number of aromatic nitrogens is 1. The minimum atomic E-state index is -0.803. The SMILES string of the molecule is CC(C)(CNC(=O)c1ccc2cc[nH]c2c1)c1ccc(C(=O)OO)cc1. The zero-order chi connectivity index (χ0) is 18.7. The number of benzene rings is 2. The molecule has 0 saturated heterocycles. The lowest BCUT2D eigenvalue weighted by Crippen LogP contribution is -2.36. The van der Waals surface area contributed by atoms with Crippen LogP contribution in [0.5, 0.6) is 0 Å². The molecule has 6 heteroatoms. The maximum atomic E-state index is 12.5. The summed E-state index contributed by atoms with van der Waals surface area (Å²) < 4.78 is 0. The molecule has 1 amide bonds. The Morgan fingerprint density at radius 3 is 2.46 bits per heavy atom. The van der Waals surface area contributed by atoms with E-state index in [-0.39, 0.29) is 16.9 Å². The summed E-state index contributed by atoms with van der Waals surface area (Å²) in [5.74, 6) is -0.947. The van der Waals surface area contributed by atoms with E-state index in [0.29, 0.717) is 12.1 Å². The van der Waals surface area contributed by atoms with Crippen LogP contribution in [0.25, 0.3) is 10.9 Å². The second kappa shape index (κ2) is 7.01. The van der Waals surface area contributed by atoms with Gasteiger partial charge in [-0.05, 0) is 41.3 Å². The molecule has 0 unspecified atom stereocenters. The zero-order valence-electron chi connectivity index (χ0n) is 14.6. The molecule has 1 heterocycles. The highest BCUT2D eigenvalue weighted by Gasteiger charge is 2.22. The maximum absolute atomic E-state index is 12.5. The van der Waals surface area contributed by atoms with Gasteiger partial charge in [-0.25, -0.2) is 4.79 Å². The first-order valence-corrected chi connectivity index (χ1v) is 8.22. The van der Waals surface area contributed by atoms with Gasteiger partial charge in [0.2, 0.25) is 0 Å². The van der Waals surface area contributed by atoms with Crippen LogP contribution in [0.1, 0.15) is 40.1 Å². The molecule has 26 heavy (non-hydrogen) atoms. The number of amides is 1. The lowest BCUT2D eigenvalue weighted by molar-refractivity contribution is -0.182. The number of carbonyl (C=O) groups is 2. The largest absolute Gasteiger partial charge is 0.372 e. The van der Waals surface area contributed by atoms with E-state index in [1.54, 1.807) is 30.3 Å². The van der Waals surface area contributed by atoms with Crippen molar-refractivity contribution in [1.82, 2.24) is 10.3 Å². The Balaban J connectivity index is 1.68. The van der Waals surface area contributed by atoms with E-state index in [2.05, 4.69) is 15.2 Å². The summed E-state index contributed by atoms with van der Waals surface area (Å²) in [6, 6.07) is 14.2. The molecule has 0 bridgehead atoms. The van der Waals surface area contributed by atoms with Crippen LogP contribution in [0.2, 0.25) is 0 Å². The normalized spacial score (nSPS) is 11.3. The van der Waals surface area contributed by atoms with E-state index >= 15 is 0 Å². The highest BCUT2D eigenvalue weighted by Crippen LogP contribution is 2.23. The van der Waals surface area contributed by atoms with Crippen molar-refractivity contribution in [2.24, 2.45) is 0 Å². The molecule has 0 fully saturated rings. The van der Waals surface area contributed by atoms with Crippen LogP contribution < -0.4 is 5.32 Å². The fourth-order valence-corrected chi connectivity index (χ4v) is 2.80. The van der Waals surface area contributed by atoms with Crippen molar-refractivity contribution in [3.05, 3.63) is 71.4 Å². The first-order chi connectivity index (χ1) is 12.4. The molecule has 0 aliphatic carbocycles. The molecule has 3 aromatic rings. The van der Waals surface area contributed by atoms with Crippen LogP contribution in [0.3, 0.4) is 0 Å². The fourth-order valence-electron chi connectivity index (χ4n) is 2.80. The lowest BCUT2D eigenvalue weighted by Gasteiger charge is -2.26. The van der Waals surface area contributed by atoms with Gasteiger partial charge in [0.05, 0.1) is 5.56 Å². The fraction of sp³-hybridized carbons (Fsp3) is 0.200. The Kier molecular flexibility index (Phi) is 4.77. The second-order valence-electron chi connectivity index (χ2n) is 6.80. The van der Waals surface area contributed by atoms with Gasteiger partial charge >= 0.3 is 5.97 Å². The molecule has 0 radical (unpaired) electrons. The minimum absolute atomic E-state index is 0.143. The molecule has 0 spiro atoms. The first kappa shape index (κ1) is 17.7. The van der Waals surface area contributed by atoms with E-state index in [0.717, 1.165) is 16.5 Å². The lowest BCUT2D eigenvalue weighted by atomic mass is 9.84. The van der Waals surface area contributed by atoms with Crippen LogP contribution in [0.4, 0.5) is 0 Å². The third-order valence-electron chi connectivity index (χ3n) is 4.49. The van der Waals surface area contributed by atoms with Crippen molar-refractivity contribution >= 4 is 22.8 Å². The molecular formula is C20H20N2O4. The van der Waals surface area contributed by atoms with Crippen molar-refractivity contribution in [3.8, 4) is 0 Å². The summed E-state index contributed by atoms with van der Waals surface area (Å²) in [5, 5.41) is 12.4. The van der Waals surface area contributed by atoms with E-state index in [1.165, 1.54) is 0 Å². The summed E-state index contributed by atoms with van der Waals surface area (Å²) in [6.45, 7) is 4.43. The monoisotopic (exact) mass is 352 g/mol. The van der Waals surface area contributed by atoms with Crippen LogP contribution >= 0.6 is 0 Å². The average molecular weight is 352 g/mol. The van der Waals surface area contributed by atoms with Crippen LogP contribution in [0, 0.1) is 0 Å². The summed E-state index contributed by atoms with van der Waals surface area (Å²) in [5.41, 5.74) is 2.39. The average Bonchev–Trinajstić information content (AvgIpc) is 3.13. The molecule has 3 N–H and O–H groups in total. The van der Waals surface area contributed by atoms with E-state index < -0.39 is 5.97 Å². The molecule has 6 nitrogen and oxygen atoms in total. The Morgan fingerprint density at radius 1 is 1.08 bits per heavy atom. The van der Waals surface area contributed by atoms with Crippen LogP contribution in [0.15, 0.2) is 54.7 Å². The number of H-pyrrole nitrogens is 1. The van der Waals surface area contributed by atoms with Crippen molar-refractivity contribution in [3.63, 3.8) is 0 Å². The number of hydrogen-bond donors (Lipinski definition) is 3. The zero-order valence-corrected chi connectivity index (χ0v) is 14.6. The predicted octanol–water partition coefficient (Wildman–Crippen LogP) is 3.51. The topological polar surface area (TPSA) is 91.4 Å². The van der Waals surface area contributed by atoms with Gasteiger partial charge in [0.15, 0.2) is 0 Å². The van der Waals surface area contributed by atoms with Gasteiger partial charge in [0.1, 0.15) is 0 Å². The van der Waals surface area contributed by atoms with E-state index in [9.17, 15) is 9.59 Å². The highest BCUT2D eigenvalue weighted by molar-refractivity contribution is 5.98. The predicted molar refractivity (Wildman–Crippen MR) is 98.1 cm³/mol. The molecule has 2 aromatic carbocycles. The summed E-state index contributed by atoms with van der Waals surface area (Å²) >= 11 is 0. The van der Waals surface area contributed by atoms with Crippen LogP contribution in [-0.2, 0) is 10.3 Å². The molecule has 3 rings (SSSR count). The second-order valence-corrected chi connectivity index (χ2v) is 6.80. The Labute approximate surface area is 150 Å². The Bertz CT molecular complexity index is 942. The molecule has 134 valence electrons. The maximum Gasteiger partial charge on any atom is 0.372 e. The number of fused-ring (bicyclic) bond motifs is 1. The number of hydrogen-bond acceptors (Lipinski definition) is 4. The van der Waals surface area contributed by atoms with Crippen molar-refractivity contribution in [2.75, 3.05) is 6.54 Å². The van der Waals surface area contributed by atoms with Crippen molar-refractivity contribution < 1.29 is 19.7 Å². The number of aromatic amines is 1. The first-order valence-electron chi connectivity index (χ1n) is 8.22. The molecule has 0 atom stereocenters. The summed E-state index contributed by atoms with van der Waals surface area (Å²) in [4.78, 5) is 30.6. The van der Waals surface area contributed by atoms with Crippen molar-refractivity contribution in [2.45, 2.75) is 19.3 Å². The Morgan fingerprint density at radius 2 is 1.77 bits per heavy atom. The third kappa shape index (κ3) is 3.60. The number of nitrogens with one attached hydrogen (secondary N) is 2. The van der Waals surface area contributed by atoms with Gasteiger partial charge < -0.3 is 10.3 Å². The highest BCUT2D eigenvalue weighted by atomic mass is 17.1. The molecular weight excluding hydrogens is 332 g/mol. The molecule has 0 aliphatic rings. The smallest absolute Gasteiger partial charge is 0.361 e. The van der Waals surface area contributed by atoms with Gasteiger partial charge in [-0.15, -0.1) is 0 Å². The standard InChI is InChI=1S/C20H20N2O4/c1-20(2,16-7-5-14(6-8-16)19(24)26-25)12-22-18(23)15-4-3-13-9-10-21-17(13)11-15/h3-11,21,25H,12H2,1-2H3,(H,22,23). The van der Waals surface area contributed by atoms with Crippen LogP contribution in [-0.4, -0.2) is 28.7 Å². The van der Waals surface area contributed by atoms with Gasteiger partial charge in [0, 0.05) is 29.2 Å². The van der Waals surface area contributed by atoms with Gasteiger partial charge in [-0.2, -0.15) is 5.26 Å². The number of rotatable bonds is 5. The van der Waals surface area contributed by atoms with Gasteiger partial charge in [-0.1, -0.05) is 32.0 Å². The van der Waals surface area contributed by atoms with Gasteiger partial charge in [-0.3, -0.25) is 9.68 Å². The van der Waals surface area contributed by atoms with E-state index in [1.807, 2.05) is 38.2 Å². The van der Waals surface area contributed by atoms with Crippen molar-refractivity contribution in [1.29, 1.82) is 0 Å². The summed E-state index contributed by atoms with van der Waals surface area (Å²) in [6.07, 6.45) is 1.84. The summed E-state index contributed by atoms with van der Waals surface area (Å²) in [7, 11) is 0. The van der Waals surface area contributed by atoms with Gasteiger partial charge in [0.25, 0.3) is 5.91 Å². The Hall–Kier alpha value is -3.12. The molecule has 0 saturated carbocycles. The molecule has 1 aromatic heterocycles. The van der Waals surface area contributed by atoms with E-state index in [4.69, 9.17) is 5.26 Å². The third-order valence-corrected chi connectivity index (χ3v) is 4.49. The molecule has 0 aliphatic heterocycles. The quantitative estimate of drug-likeness (QED) is 0.484.